The number of likely N-dealkylation sites (tertiary alicyclic amines) is 1. The lowest BCUT2D eigenvalue weighted by Crippen LogP contribution is -2.55. The molecule has 1 unspecified atom stereocenters. The zero-order valence-corrected chi connectivity index (χ0v) is 10.4. The van der Waals surface area contributed by atoms with Gasteiger partial charge in [-0.2, -0.15) is 0 Å². The van der Waals surface area contributed by atoms with E-state index >= 15 is 0 Å². The molecule has 1 saturated heterocycles. The van der Waals surface area contributed by atoms with Crippen LogP contribution in [0.15, 0.2) is 12.4 Å². The molecule has 9 nitrogen and oxygen atoms in total. The fourth-order valence-corrected chi connectivity index (χ4v) is 2.97. The Morgan fingerprint density at radius 2 is 2.30 bits per heavy atom. The second kappa shape index (κ2) is 3.95. The number of carbonyl (C=O) groups is 3. The smallest absolute Gasteiger partial charge is 0.408 e. The summed E-state index contributed by atoms with van der Waals surface area (Å²) in [6.07, 6.45) is 1.91. The maximum absolute atomic E-state index is 12.3. The molecular formula is C11H13N5O4. The molecule has 1 fully saturated rings. The van der Waals surface area contributed by atoms with Crippen molar-refractivity contribution in [1.29, 1.82) is 0 Å². The molecule has 1 spiro atoms. The van der Waals surface area contributed by atoms with Gasteiger partial charge in [-0.05, 0) is 0 Å². The van der Waals surface area contributed by atoms with Crippen molar-refractivity contribution in [1.82, 2.24) is 19.8 Å². The van der Waals surface area contributed by atoms with Gasteiger partial charge in [-0.1, -0.05) is 0 Å². The van der Waals surface area contributed by atoms with Crippen molar-refractivity contribution in [2.24, 2.45) is 5.73 Å². The summed E-state index contributed by atoms with van der Waals surface area (Å²) in [5.41, 5.74) is 4.11. The summed E-state index contributed by atoms with van der Waals surface area (Å²) in [6.45, 7) is 0.160. The number of primary amides is 1. The van der Waals surface area contributed by atoms with Crippen LogP contribution in [-0.2, 0) is 21.7 Å². The molecule has 106 valence electrons. The first kappa shape index (κ1) is 12.5. The summed E-state index contributed by atoms with van der Waals surface area (Å²) in [6, 6.07) is -1.02. The topological polar surface area (TPSA) is 131 Å². The van der Waals surface area contributed by atoms with E-state index in [0.29, 0.717) is 5.82 Å². The number of fused-ring (bicyclic) bond motifs is 2. The molecule has 2 aliphatic rings. The molecular weight excluding hydrogens is 266 g/mol. The van der Waals surface area contributed by atoms with Crippen LogP contribution >= 0.6 is 0 Å². The number of nitrogens with zero attached hydrogens (tertiary/aromatic N) is 3. The van der Waals surface area contributed by atoms with E-state index in [4.69, 9.17) is 5.73 Å². The highest BCUT2D eigenvalue weighted by atomic mass is 16.4. The van der Waals surface area contributed by atoms with Gasteiger partial charge in [-0.15, -0.1) is 0 Å². The van der Waals surface area contributed by atoms with Crippen LogP contribution in [0.3, 0.4) is 0 Å². The average molecular weight is 279 g/mol. The molecule has 20 heavy (non-hydrogen) atoms. The normalized spacial score (nSPS) is 28.3. The van der Waals surface area contributed by atoms with Crippen molar-refractivity contribution in [3.05, 3.63) is 18.2 Å². The van der Waals surface area contributed by atoms with Gasteiger partial charge in [0.05, 0.1) is 13.1 Å². The maximum atomic E-state index is 12.3. The Bertz CT molecular complexity index is 588. The Morgan fingerprint density at radius 3 is 2.90 bits per heavy atom. The summed E-state index contributed by atoms with van der Waals surface area (Å²) >= 11 is 0. The second-order valence-electron chi connectivity index (χ2n) is 4.96. The number of hydrogen-bond acceptors (Lipinski definition) is 4. The van der Waals surface area contributed by atoms with E-state index in [1.165, 1.54) is 0 Å². The molecule has 0 bridgehead atoms. The zero-order chi connectivity index (χ0) is 14.5. The van der Waals surface area contributed by atoms with E-state index in [2.05, 4.69) is 10.3 Å². The van der Waals surface area contributed by atoms with Crippen molar-refractivity contribution >= 4 is 17.9 Å². The summed E-state index contributed by atoms with van der Waals surface area (Å²) < 4.78 is 1.64. The number of nitrogens with one attached hydrogen (secondary N) is 1. The summed E-state index contributed by atoms with van der Waals surface area (Å²) in [5, 5.41) is 11.9. The van der Waals surface area contributed by atoms with E-state index in [-0.39, 0.29) is 25.4 Å². The van der Waals surface area contributed by atoms with Crippen molar-refractivity contribution < 1.29 is 19.5 Å². The molecule has 3 amide bonds. The third kappa shape index (κ3) is 1.49. The van der Waals surface area contributed by atoms with Crippen LogP contribution in [0, 0.1) is 0 Å². The van der Waals surface area contributed by atoms with E-state index < -0.39 is 23.6 Å². The van der Waals surface area contributed by atoms with Crippen LogP contribution in [0.4, 0.5) is 4.79 Å². The number of aromatic nitrogens is 2. The number of amides is 3. The third-order valence-electron chi connectivity index (χ3n) is 3.92. The Kier molecular flexibility index (Phi) is 2.46. The standard InChI is InChI=1S/C11H13N5O4/c12-8(17)6-3-11(5-15(6)10(19)20)9(18)14-4-7-13-1-2-16(7)11/h1-2,6H,3-5H2,(H2,12,17)(H,14,18)(H,19,20)/t6?,11-/m0/s1. The Morgan fingerprint density at radius 1 is 1.55 bits per heavy atom. The number of hydrogen-bond donors (Lipinski definition) is 3. The lowest BCUT2D eigenvalue weighted by molar-refractivity contribution is -0.131. The third-order valence-corrected chi connectivity index (χ3v) is 3.92. The minimum Gasteiger partial charge on any atom is -0.465 e. The number of imidazole rings is 1. The second-order valence-corrected chi connectivity index (χ2v) is 4.96. The fourth-order valence-electron chi connectivity index (χ4n) is 2.97. The predicted molar refractivity (Wildman–Crippen MR) is 64.4 cm³/mol. The molecule has 4 N–H and O–H groups in total. The Labute approximate surface area is 113 Å². The fraction of sp³-hybridized carbons (Fsp3) is 0.455. The number of carboxylic acid groups (broad SMARTS) is 1. The van der Waals surface area contributed by atoms with Crippen molar-refractivity contribution in [3.8, 4) is 0 Å². The zero-order valence-electron chi connectivity index (χ0n) is 10.4. The molecule has 0 aromatic carbocycles. The first-order valence-electron chi connectivity index (χ1n) is 6.05. The quantitative estimate of drug-likeness (QED) is 0.572. The van der Waals surface area contributed by atoms with Crippen LogP contribution in [0.5, 0.6) is 0 Å². The Balaban J connectivity index is 2.08. The van der Waals surface area contributed by atoms with Gasteiger partial charge < -0.3 is 20.7 Å². The van der Waals surface area contributed by atoms with Crippen molar-refractivity contribution in [2.75, 3.05) is 6.54 Å². The molecule has 9 heteroatoms. The van der Waals surface area contributed by atoms with Crippen LogP contribution in [-0.4, -0.2) is 50.1 Å². The molecule has 3 heterocycles. The van der Waals surface area contributed by atoms with E-state index in [9.17, 15) is 19.5 Å². The number of carbonyl (C=O) groups excluding carboxylic acids is 2. The molecule has 3 rings (SSSR count). The van der Waals surface area contributed by atoms with Crippen molar-refractivity contribution in [2.45, 2.75) is 24.5 Å². The Hall–Kier alpha value is -2.58. The molecule has 1 aromatic heterocycles. The summed E-state index contributed by atoms with van der Waals surface area (Å²) in [4.78, 5) is 40.0. The van der Waals surface area contributed by atoms with Gasteiger partial charge in [0.15, 0.2) is 0 Å². The molecule has 0 aliphatic carbocycles. The van der Waals surface area contributed by atoms with Crippen LogP contribution < -0.4 is 11.1 Å². The minimum absolute atomic E-state index is 0.0177. The van der Waals surface area contributed by atoms with E-state index in [1.807, 2.05) is 0 Å². The lowest BCUT2D eigenvalue weighted by Gasteiger charge is -2.34. The molecule has 0 saturated carbocycles. The van der Waals surface area contributed by atoms with Gasteiger partial charge in [-0.25, -0.2) is 9.78 Å². The van der Waals surface area contributed by atoms with Crippen LogP contribution in [0.1, 0.15) is 12.2 Å². The monoisotopic (exact) mass is 279 g/mol. The van der Waals surface area contributed by atoms with Crippen LogP contribution in [0.2, 0.25) is 0 Å². The highest BCUT2D eigenvalue weighted by molar-refractivity contribution is 5.91. The lowest BCUT2D eigenvalue weighted by atomic mass is 9.92. The molecule has 1 aromatic rings. The first-order valence-corrected chi connectivity index (χ1v) is 6.05. The van der Waals surface area contributed by atoms with E-state index in [1.54, 1.807) is 17.0 Å². The average Bonchev–Trinajstić information content (AvgIpc) is 3.00. The molecule has 2 aliphatic heterocycles. The number of nitrogens with two attached hydrogens (primary N) is 1. The van der Waals surface area contributed by atoms with Crippen molar-refractivity contribution in [3.63, 3.8) is 0 Å². The molecule has 0 radical (unpaired) electrons. The van der Waals surface area contributed by atoms with Gasteiger partial charge in [0.1, 0.15) is 17.4 Å². The SMILES string of the molecule is NC(=O)C1C[C@]2(CN1C(=O)O)C(=O)NCc1nccn12. The van der Waals surface area contributed by atoms with Gasteiger partial charge in [0.25, 0.3) is 0 Å². The van der Waals surface area contributed by atoms with Gasteiger partial charge in [0, 0.05) is 18.8 Å². The van der Waals surface area contributed by atoms with E-state index in [0.717, 1.165) is 4.90 Å². The van der Waals surface area contributed by atoms with Gasteiger partial charge in [0.2, 0.25) is 11.8 Å². The maximum Gasteiger partial charge on any atom is 0.408 e. The first-order chi connectivity index (χ1) is 9.45. The van der Waals surface area contributed by atoms with Gasteiger partial charge >= 0.3 is 6.09 Å². The highest BCUT2D eigenvalue weighted by Gasteiger charge is 2.55. The summed E-state index contributed by atoms with van der Waals surface area (Å²) in [7, 11) is 0. The predicted octanol–water partition coefficient (Wildman–Crippen LogP) is -1.55. The van der Waals surface area contributed by atoms with Gasteiger partial charge in [-0.3, -0.25) is 14.5 Å². The highest BCUT2D eigenvalue weighted by Crippen LogP contribution is 2.36. The molecule has 2 atom stereocenters. The largest absolute Gasteiger partial charge is 0.465 e. The summed E-state index contributed by atoms with van der Waals surface area (Å²) in [5.74, 6) is -0.456. The van der Waals surface area contributed by atoms with Crippen LogP contribution in [0.25, 0.3) is 0 Å². The number of rotatable bonds is 1. The minimum atomic E-state index is -1.27.